The predicted octanol–water partition coefficient (Wildman–Crippen LogP) is 4.58. The number of aromatic nitrogens is 4. The summed E-state index contributed by atoms with van der Waals surface area (Å²) in [5.41, 5.74) is 2.89. The first-order chi connectivity index (χ1) is 16.3. The van der Waals surface area contributed by atoms with Crippen molar-refractivity contribution in [3.05, 3.63) is 86.8 Å². The lowest BCUT2D eigenvalue weighted by Crippen LogP contribution is -2.40. The molecule has 0 unspecified atom stereocenters. The molecular weight excluding hydrogens is 428 g/mol. The molecule has 0 aliphatic carbocycles. The Kier molecular flexibility index (Phi) is 6.72. The standard InChI is InChI=1S/C27H32N4O3/c1-18(2)14-15-30-26(32)24-25(28-17-29(24)16-21-8-6-7-9-23(21)34-5)31(27(30)33)22-12-10-20(11-13-22)19(3)4/h6-13,17-19H,14-16H2,1-5H3. The van der Waals surface area contributed by atoms with Crippen molar-refractivity contribution < 1.29 is 4.74 Å². The molecule has 0 saturated carbocycles. The molecule has 7 heteroatoms. The Morgan fingerprint density at radius 3 is 2.32 bits per heavy atom. The van der Waals surface area contributed by atoms with Crippen LogP contribution in [0.15, 0.2) is 64.4 Å². The van der Waals surface area contributed by atoms with Crippen LogP contribution >= 0.6 is 0 Å². The number of nitrogens with zero attached hydrogens (tertiary/aromatic N) is 4. The normalized spacial score (nSPS) is 11.6. The van der Waals surface area contributed by atoms with Crippen LogP contribution in [0, 0.1) is 5.92 Å². The van der Waals surface area contributed by atoms with Gasteiger partial charge in [0.1, 0.15) is 5.75 Å². The topological polar surface area (TPSA) is 71.1 Å². The smallest absolute Gasteiger partial charge is 0.337 e. The third kappa shape index (κ3) is 4.42. The lowest BCUT2D eigenvalue weighted by molar-refractivity contribution is 0.408. The van der Waals surface area contributed by atoms with Crippen molar-refractivity contribution in [1.29, 1.82) is 0 Å². The van der Waals surface area contributed by atoms with Gasteiger partial charge in [0.25, 0.3) is 5.56 Å². The van der Waals surface area contributed by atoms with Crippen LogP contribution in [0.3, 0.4) is 0 Å². The van der Waals surface area contributed by atoms with Gasteiger partial charge in [0.05, 0.1) is 25.7 Å². The molecule has 178 valence electrons. The summed E-state index contributed by atoms with van der Waals surface area (Å²) in [6.45, 7) is 9.19. The molecule has 0 N–H and O–H groups in total. The molecule has 34 heavy (non-hydrogen) atoms. The first-order valence-electron chi connectivity index (χ1n) is 11.7. The van der Waals surface area contributed by atoms with Crippen LogP contribution in [-0.4, -0.2) is 25.8 Å². The monoisotopic (exact) mass is 460 g/mol. The van der Waals surface area contributed by atoms with Gasteiger partial charge in [0.15, 0.2) is 11.2 Å². The van der Waals surface area contributed by atoms with E-state index in [9.17, 15) is 9.59 Å². The first-order valence-corrected chi connectivity index (χ1v) is 11.7. The van der Waals surface area contributed by atoms with Gasteiger partial charge in [-0.1, -0.05) is 58.0 Å². The van der Waals surface area contributed by atoms with Gasteiger partial charge in [-0.2, -0.15) is 0 Å². The lowest BCUT2D eigenvalue weighted by atomic mass is 10.0. The van der Waals surface area contributed by atoms with Crippen LogP contribution in [0.5, 0.6) is 5.75 Å². The second-order valence-corrected chi connectivity index (χ2v) is 9.36. The van der Waals surface area contributed by atoms with Gasteiger partial charge in [0.2, 0.25) is 0 Å². The summed E-state index contributed by atoms with van der Waals surface area (Å²) >= 11 is 0. The third-order valence-electron chi connectivity index (χ3n) is 6.18. The van der Waals surface area contributed by atoms with Gasteiger partial charge in [-0.25, -0.2) is 14.3 Å². The number of ether oxygens (including phenoxy) is 1. The Hall–Kier alpha value is -3.61. The fourth-order valence-corrected chi connectivity index (χ4v) is 4.14. The number of hydrogen-bond acceptors (Lipinski definition) is 4. The van der Waals surface area contributed by atoms with Crippen molar-refractivity contribution >= 4 is 11.2 Å². The molecule has 4 rings (SSSR count). The molecule has 0 aliphatic heterocycles. The molecule has 0 amide bonds. The summed E-state index contributed by atoms with van der Waals surface area (Å²) < 4.78 is 10.2. The molecule has 0 spiro atoms. The highest BCUT2D eigenvalue weighted by atomic mass is 16.5. The van der Waals surface area contributed by atoms with E-state index in [0.29, 0.717) is 41.8 Å². The number of benzene rings is 2. The summed E-state index contributed by atoms with van der Waals surface area (Å²) in [6.07, 6.45) is 2.36. The fraction of sp³-hybridized carbons (Fsp3) is 0.370. The molecule has 0 atom stereocenters. The number of fused-ring (bicyclic) bond motifs is 1. The molecule has 0 saturated heterocycles. The zero-order valence-electron chi connectivity index (χ0n) is 20.5. The van der Waals surface area contributed by atoms with Gasteiger partial charge in [-0.3, -0.25) is 9.36 Å². The minimum atomic E-state index is -0.363. The Labute approximate surface area is 199 Å². The van der Waals surface area contributed by atoms with Crippen LogP contribution in [0.2, 0.25) is 0 Å². The summed E-state index contributed by atoms with van der Waals surface area (Å²) in [7, 11) is 1.63. The van der Waals surface area contributed by atoms with E-state index in [4.69, 9.17) is 4.74 Å². The zero-order valence-corrected chi connectivity index (χ0v) is 20.5. The summed E-state index contributed by atoms with van der Waals surface area (Å²) in [4.78, 5) is 31.7. The van der Waals surface area contributed by atoms with E-state index in [1.54, 1.807) is 22.6 Å². The molecule has 2 aromatic heterocycles. The van der Waals surface area contributed by atoms with E-state index in [0.717, 1.165) is 17.7 Å². The molecule has 2 aromatic carbocycles. The highest BCUT2D eigenvalue weighted by molar-refractivity contribution is 5.72. The van der Waals surface area contributed by atoms with Crippen molar-refractivity contribution in [2.24, 2.45) is 5.92 Å². The van der Waals surface area contributed by atoms with Crippen LogP contribution in [0.1, 0.15) is 51.2 Å². The Morgan fingerprint density at radius 2 is 1.68 bits per heavy atom. The molecule has 2 heterocycles. The van der Waals surface area contributed by atoms with E-state index in [2.05, 4.69) is 32.7 Å². The van der Waals surface area contributed by atoms with E-state index < -0.39 is 0 Å². The Bertz CT molecular complexity index is 1410. The van der Waals surface area contributed by atoms with Gasteiger partial charge in [-0.15, -0.1) is 0 Å². The summed E-state index contributed by atoms with van der Waals surface area (Å²) in [5.74, 6) is 1.48. The van der Waals surface area contributed by atoms with Gasteiger partial charge in [-0.05, 0) is 42.0 Å². The minimum absolute atomic E-state index is 0.317. The van der Waals surface area contributed by atoms with Crippen LogP contribution in [0.4, 0.5) is 0 Å². The summed E-state index contributed by atoms with van der Waals surface area (Å²) in [5, 5.41) is 0. The van der Waals surface area contributed by atoms with Gasteiger partial charge < -0.3 is 9.30 Å². The van der Waals surface area contributed by atoms with Crippen LogP contribution in [0.25, 0.3) is 16.9 Å². The number of methoxy groups -OCH3 is 1. The maximum Gasteiger partial charge on any atom is 0.337 e. The number of hydrogen-bond donors (Lipinski definition) is 0. The van der Waals surface area contributed by atoms with Gasteiger partial charge in [0, 0.05) is 12.1 Å². The number of para-hydroxylation sites is 1. The average molecular weight is 461 g/mol. The largest absolute Gasteiger partial charge is 0.496 e. The van der Waals surface area contributed by atoms with Crippen molar-refractivity contribution in [3.8, 4) is 11.4 Å². The number of imidazole rings is 1. The second-order valence-electron chi connectivity index (χ2n) is 9.36. The molecule has 7 nitrogen and oxygen atoms in total. The molecular formula is C27H32N4O3. The first kappa shape index (κ1) is 23.5. The lowest BCUT2D eigenvalue weighted by Gasteiger charge is -2.15. The zero-order chi connectivity index (χ0) is 24.4. The maximum atomic E-state index is 13.6. The Balaban J connectivity index is 1.94. The maximum absolute atomic E-state index is 13.6. The molecule has 0 bridgehead atoms. The SMILES string of the molecule is COc1ccccc1Cn1cnc2c1c(=O)n(CCC(C)C)c(=O)n2-c1ccc(C(C)C)cc1. The highest BCUT2D eigenvalue weighted by Crippen LogP contribution is 2.22. The minimum Gasteiger partial charge on any atom is -0.496 e. The second kappa shape index (κ2) is 9.71. The van der Waals surface area contributed by atoms with Crippen molar-refractivity contribution in [1.82, 2.24) is 18.7 Å². The van der Waals surface area contributed by atoms with E-state index in [-0.39, 0.29) is 11.2 Å². The summed E-state index contributed by atoms with van der Waals surface area (Å²) in [6, 6.07) is 15.6. The number of rotatable bonds is 8. The third-order valence-corrected chi connectivity index (χ3v) is 6.18. The highest BCUT2D eigenvalue weighted by Gasteiger charge is 2.20. The van der Waals surface area contributed by atoms with E-state index in [1.165, 1.54) is 10.1 Å². The molecule has 0 fully saturated rings. The predicted molar refractivity (Wildman–Crippen MR) is 135 cm³/mol. The molecule has 0 aliphatic rings. The average Bonchev–Trinajstić information content (AvgIpc) is 3.23. The molecule has 4 aromatic rings. The fourth-order valence-electron chi connectivity index (χ4n) is 4.14. The van der Waals surface area contributed by atoms with Crippen molar-refractivity contribution in [2.45, 2.75) is 53.1 Å². The van der Waals surface area contributed by atoms with E-state index in [1.807, 2.05) is 48.5 Å². The van der Waals surface area contributed by atoms with Gasteiger partial charge >= 0.3 is 5.69 Å². The van der Waals surface area contributed by atoms with Crippen LogP contribution < -0.4 is 16.0 Å². The quantitative estimate of drug-likeness (QED) is 0.386. The van der Waals surface area contributed by atoms with E-state index >= 15 is 0 Å². The van der Waals surface area contributed by atoms with Crippen LogP contribution in [-0.2, 0) is 13.1 Å². The molecule has 0 radical (unpaired) electrons. The van der Waals surface area contributed by atoms with Crippen molar-refractivity contribution in [3.63, 3.8) is 0 Å². The Morgan fingerprint density at radius 1 is 0.971 bits per heavy atom. The van der Waals surface area contributed by atoms with Crippen molar-refractivity contribution in [2.75, 3.05) is 7.11 Å².